The molecular formula is C27H54N2. The van der Waals surface area contributed by atoms with Crippen molar-refractivity contribution in [1.29, 1.82) is 0 Å². The van der Waals surface area contributed by atoms with Crippen LogP contribution in [0, 0.1) is 0 Å². The molecule has 2 heteroatoms. The Hall–Kier alpha value is -0.660. The van der Waals surface area contributed by atoms with Crippen LogP contribution in [0.1, 0.15) is 143 Å². The van der Waals surface area contributed by atoms with Crippen molar-refractivity contribution in [2.24, 2.45) is 0 Å². The number of hydrogen-bond acceptors (Lipinski definition) is 2. The summed E-state index contributed by atoms with van der Waals surface area (Å²) in [6.07, 6.45) is 32.2. The number of rotatable bonds is 21. The van der Waals surface area contributed by atoms with Gasteiger partial charge in [-0.3, -0.25) is 0 Å². The molecule has 0 bridgehead atoms. The zero-order valence-corrected chi connectivity index (χ0v) is 20.5. The standard InChI is InChI=1S/C27H54N2/c1-4-7-9-10-11-12-13-14-15-16-17-18-19-20-21-24-29-26-25-28(23-8-5-2)27(29)22-6-3/h25-27H,4-24H2,1-3H3. The highest BCUT2D eigenvalue weighted by atomic mass is 15.4. The Kier molecular flexibility index (Phi) is 17.6. The zero-order valence-electron chi connectivity index (χ0n) is 20.5. The van der Waals surface area contributed by atoms with Gasteiger partial charge in [0.2, 0.25) is 0 Å². The fourth-order valence-electron chi connectivity index (χ4n) is 4.60. The molecule has 1 heterocycles. The van der Waals surface area contributed by atoms with Gasteiger partial charge in [0.25, 0.3) is 0 Å². The van der Waals surface area contributed by atoms with E-state index in [2.05, 4.69) is 43.0 Å². The number of hydrogen-bond donors (Lipinski definition) is 0. The molecule has 0 amide bonds. The molecule has 1 rings (SSSR count). The van der Waals surface area contributed by atoms with Crippen molar-refractivity contribution in [3.8, 4) is 0 Å². The van der Waals surface area contributed by atoms with E-state index in [0.717, 1.165) is 0 Å². The van der Waals surface area contributed by atoms with E-state index in [1.165, 1.54) is 135 Å². The van der Waals surface area contributed by atoms with E-state index in [1.54, 1.807) is 0 Å². The van der Waals surface area contributed by atoms with Crippen molar-refractivity contribution in [3.63, 3.8) is 0 Å². The van der Waals surface area contributed by atoms with E-state index in [-0.39, 0.29) is 0 Å². The molecule has 0 aromatic heterocycles. The molecule has 29 heavy (non-hydrogen) atoms. The minimum Gasteiger partial charge on any atom is -0.356 e. The molecule has 0 radical (unpaired) electrons. The lowest BCUT2D eigenvalue weighted by Crippen LogP contribution is -2.39. The van der Waals surface area contributed by atoms with Crippen LogP contribution in [0.25, 0.3) is 0 Å². The van der Waals surface area contributed by atoms with Crippen LogP contribution >= 0.6 is 0 Å². The Bertz CT molecular complexity index is 366. The van der Waals surface area contributed by atoms with Gasteiger partial charge in [-0.25, -0.2) is 0 Å². The van der Waals surface area contributed by atoms with Crippen LogP contribution < -0.4 is 0 Å². The first-order valence-electron chi connectivity index (χ1n) is 13.5. The van der Waals surface area contributed by atoms with Gasteiger partial charge in [0.05, 0.1) is 0 Å². The van der Waals surface area contributed by atoms with Crippen LogP contribution in [0.15, 0.2) is 12.4 Å². The fraction of sp³-hybridized carbons (Fsp3) is 0.926. The van der Waals surface area contributed by atoms with E-state index in [9.17, 15) is 0 Å². The van der Waals surface area contributed by atoms with Gasteiger partial charge in [-0.15, -0.1) is 0 Å². The summed E-state index contributed by atoms with van der Waals surface area (Å²) >= 11 is 0. The molecule has 1 unspecified atom stereocenters. The number of unbranched alkanes of at least 4 members (excludes halogenated alkanes) is 15. The molecule has 0 aliphatic carbocycles. The molecule has 1 aliphatic heterocycles. The third-order valence-corrected chi connectivity index (χ3v) is 6.55. The van der Waals surface area contributed by atoms with Crippen LogP contribution in [0.4, 0.5) is 0 Å². The maximum absolute atomic E-state index is 2.61. The smallest absolute Gasteiger partial charge is 0.101 e. The molecule has 172 valence electrons. The molecule has 1 aliphatic rings. The maximum Gasteiger partial charge on any atom is 0.101 e. The Morgan fingerprint density at radius 3 is 1.24 bits per heavy atom. The summed E-state index contributed by atoms with van der Waals surface area (Å²) in [7, 11) is 0. The third-order valence-electron chi connectivity index (χ3n) is 6.55. The first-order chi connectivity index (χ1) is 14.3. The Morgan fingerprint density at radius 2 is 0.828 bits per heavy atom. The molecule has 2 nitrogen and oxygen atoms in total. The minimum atomic E-state index is 0.637. The Morgan fingerprint density at radius 1 is 0.448 bits per heavy atom. The van der Waals surface area contributed by atoms with Crippen molar-refractivity contribution in [1.82, 2.24) is 9.80 Å². The van der Waals surface area contributed by atoms with Crippen molar-refractivity contribution < 1.29 is 0 Å². The van der Waals surface area contributed by atoms with E-state index < -0.39 is 0 Å². The van der Waals surface area contributed by atoms with Gasteiger partial charge < -0.3 is 9.80 Å². The van der Waals surface area contributed by atoms with Crippen molar-refractivity contribution in [2.75, 3.05) is 13.1 Å². The van der Waals surface area contributed by atoms with Crippen LogP contribution in [-0.4, -0.2) is 29.1 Å². The maximum atomic E-state index is 2.61. The quantitative estimate of drug-likeness (QED) is 0.176. The molecule has 0 aromatic carbocycles. The monoisotopic (exact) mass is 406 g/mol. The molecule has 0 saturated heterocycles. The van der Waals surface area contributed by atoms with Gasteiger partial charge in [0, 0.05) is 25.5 Å². The van der Waals surface area contributed by atoms with E-state index in [4.69, 9.17) is 0 Å². The molecule has 0 aromatic rings. The van der Waals surface area contributed by atoms with E-state index in [1.807, 2.05) is 0 Å². The minimum absolute atomic E-state index is 0.637. The normalized spacial score (nSPS) is 16.3. The van der Waals surface area contributed by atoms with Crippen molar-refractivity contribution in [3.05, 3.63) is 12.4 Å². The van der Waals surface area contributed by atoms with Crippen LogP contribution in [-0.2, 0) is 0 Å². The molecule has 0 spiro atoms. The lowest BCUT2D eigenvalue weighted by atomic mass is 10.0. The van der Waals surface area contributed by atoms with Crippen LogP contribution in [0.2, 0.25) is 0 Å². The predicted octanol–water partition coefficient (Wildman–Crippen LogP) is 8.87. The predicted molar refractivity (Wildman–Crippen MR) is 131 cm³/mol. The van der Waals surface area contributed by atoms with Gasteiger partial charge in [0.15, 0.2) is 0 Å². The second-order valence-electron chi connectivity index (χ2n) is 9.35. The highest BCUT2D eigenvalue weighted by Crippen LogP contribution is 2.22. The SMILES string of the molecule is CCCCCCCCCCCCCCCCCN1C=CN(CCCC)C1CCC. The first kappa shape index (κ1) is 26.4. The molecule has 0 saturated carbocycles. The van der Waals surface area contributed by atoms with Gasteiger partial charge in [0.1, 0.15) is 6.17 Å². The number of nitrogens with zero attached hydrogens (tertiary/aromatic N) is 2. The Balaban J connectivity index is 1.91. The highest BCUT2D eigenvalue weighted by molar-refractivity contribution is 4.96. The summed E-state index contributed by atoms with van der Waals surface area (Å²) in [5.74, 6) is 0. The van der Waals surface area contributed by atoms with E-state index in [0.29, 0.717) is 6.17 Å². The molecule has 0 N–H and O–H groups in total. The average molecular weight is 407 g/mol. The van der Waals surface area contributed by atoms with Crippen molar-refractivity contribution in [2.45, 2.75) is 149 Å². The summed E-state index contributed by atoms with van der Waals surface area (Å²) < 4.78 is 0. The molecule has 1 atom stereocenters. The fourth-order valence-corrected chi connectivity index (χ4v) is 4.60. The molecule has 0 fully saturated rings. The van der Waals surface area contributed by atoms with Crippen molar-refractivity contribution >= 4 is 0 Å². The Labute approximate surface area is 184 Å². The third kappa shape index (κ3) is 13.3. The second-order valence-corrected chi connectivity index (χ2v) is 9.35. The largest absolute Gasteiger partial charge is 0.356 e. The second kappa shape index (κ2) is 19.3. The lowest BCUT2D eigenvalue weighted by Gasteiger charge is -2.32. The summed E-state index contributed by atoms with van der Waals surface area (Å²) in [6, 6.07) is 0. The van der Waals surface area contributed by atoms with Crippen LogP contribution in [0.3, 0.4) is 0 Å². The summed E-state index contributed by atoms with van der Waals surface area (Å²) in [4.78, 5) is 5.19. The summed E-state index contributed by atoms with van der Waals surface area (Å²) in [5, 5.41) is 0. The van der Waals surface area contributed by atoms with Gasteiger partial charge in [-0.1, -0.05) is 124 Å². The zero-order chi connectivity index (χ0) is 21.0. The van der Waals surface area contributed by atoms with Gasteiger partial charge in [-0.2, -0.15) is 0 Å². The van der Waals surface area contributed by atoms with E-state index >= 15 is 0 Å². The molecular weight excluding hydrogens is 352 g/mol. The topological polar surface area (TPSA) is 6.48 Å². The summed E-state index contributed by atoms with van der Waals surface area (Å²) in [6.45, 7) is 9.40. The lowest BCUT2D eigenvalue weighted by molar-refractivity contribution is 0.138. The average Bonchev–Trinajstić information content (AvgIpc) is 3.11. The van der Waals surface area contributed by atoms with Gasteiger partial charge >= 0.3 is 0 Å². The first-order valence-corrected chi connectivity index (χ1v) is 13.5. The van der Waals surface area contributed by atoms with Crippen LogP contribution in [0.5, 0.6) is 0 Å². The van der Waals surface area contributed by atoms with Gasteiger partial charge in [-0.05, 0) is 19.3 Å². The highest BCUT2D eigenvalue weighted by Gasteiger charge is 2.24. The summed E-state index contributed by atoms with van der Waals surface area (Å²) in [5.41, 5.74) is 0.